The third-order valence-corrected chi connectivity index (χ3v) is 7.28. The number of carbonyl (C=O) groups is 1. The van der Waals surface area contributed by atoms with Gasteiger partial charge in [0, 0.05) is 12.0 Å². The summed E-state index contributed by atoms with van der Waals surface area (Å²) in [4.78, 5) is 21.7. The number of thioether (sulfide) groups is 1. The molecule has 1 N–H and O–H groups in total. The van der Waals surface area contributed by atoms with Crippen molar-refractivity contribution in [2.75, 3.05) is 19.5 Å². The molecule has 7 heteroatoms. The zero-order valence-electron chi connectivity index (χ0n) is 15.8. The third-order valence-electron chi connectivity index (χ3n) is 6.73. The normalized spacial score (nSPS) is 33.6. The average molecular weight is 390 g/mol. The predicted molar refractivity (Wildman–Crippen MR) is 102 cm³/mol. The van der Waals surface area contributed by atoms with Crippen LogP contribution in [0.5, 0.6) is 5.88 Å². The number of carbonyl (C=O) groups excluding carboxylic acids is 1. The molecule has 146 valence electrons. The molecule has 5 aliphatic rings. The Labute approximate surface area is 164 Å². The fourth-order valence-corrected chi connectivity index (χ4v) is 6.50. The highest BCUT2D eigenvalue weighted by atomic mass is 32.2. The number of nitrogens with zero attached hydrogens (tertiary/aromatic N) is 2. The molecule has 4 aliphatic carbocycles. The molecule has 0 aromatic carbocycles. The van der Waals surface area contributed by atoms with Gasteiger partial charge in [-0.05, 0) is 62.5 Å². The van der Waals surface area contributed by atoms with Crippen LogP contribution in [0.1, 0.15) is 49.8 Å². The van der Waals surface area contributed by atoms with Crippen molar-refractivity contribution in [2.24, 2.45) is 17.8 Å². The lowest BCUT2D eigenvalue weighted by molar-refractivity contribution is -0.129. The quantitative estimate of drug-likeness (QED) is 0.617. The molecule has 0 radical (unpaired) electrons. The first-order valence-electron chi connectivity index (χ1n) is 10.1. The molecule has 1 amide bonds. The van der Waals surface area contributed by atoms with E-state index in [1.807, 2.05) is 6.26 Å². The summed E-state index contributed by atoms with van der Waals surface area (Å²) in [6.07, 6.45) is 10.3. The first-order valence-corrected chi connectivity index (χ1v) is 11.3. The maximum Gasteiger partial charge on any atom is 0.258 e. The Kier molecular flexibility index (Phi) is 4.55. The van der Waals surface area contributed by atoms with Gasteiger partial charge in [0.05, 0.1) is 24.5 Å². The zero-order valence-corrected chi connectivity index (χ0v) is 16.6. The van der Waals surface area contributed by atoms with Gasteiger partial charge in [0.25, 0.3) is 5.91 Å². The Hall–Kier alpha value is -1.34. The van der Waals surface area contributed by atoms with Crippen LogP contribution in [-0.4, -0.2) is 40.9 Å². The van der Waals surface area contributed by atoms with Gasteiger partial charge in [-0.15, -0.1) is 0 Å². The van der Waals surface area contributed by atoms with Crippen molar-refractivity contribution in [2.45, 2.75) is 62.2 Å². The highest BCUT2D eigenvalue weighted by Gasteiger charge is 2.51. The van der Waals surface area contributed by atoms with E-state index in [0.717, 1.165) is 54.7 Å². The smallest absolute Gasteiger partial charge is 0.258 e. The van der Waals surface area contributed by atoms with Gasteiger partial charge in [-0.25, -0.2) is 4.98 Å². The van der Waals surface area contributed by atoms with Crippen molar-refractivity contribution in [3.8, 4) is 5.88 Å². The molecule has 4 fully saturated rings. The van der Waals surface area contributed by atoms with Crippen LogP contribution in [-0.2, 0) is 22.6 Å². The van der Waals surface area contributed by atoms with Gasteiger partial charge in [0.1, 0.15) is 0 Å². The lowest BCUT2D eigenvalue weighted by Crippen LogP contribution is -2.60. The van der Waals surface area contributed by atoms with Gasteiger partial charge in [-0.2, -0.15) is 4.98 Å². The molecular weight excluding hydrogens is 362 g/mol. The summed E-state index contributed by atoms with van der Waals surface area (Å²) in [5.41, 5.74) is 1.90. The summed E-state index contributed by atoms with van der Waals surface area (Å²) in [5, 5.41) is 4.05. The van der Waals surface area contributed by atoms with Crippen molar-refractivity contribution >= 4 is 17.7 Å². The molecule has 0 atom stereocenters. The molecule has 1 aromatic heterocycles. The molecule has 6 rings (SSSR count). The van der Waals surface area contributed by atoms with E-state index in [2.05, 4.69) is 15.3 Å². The summed E-state index contributed by atoms with van der Waals surface area (Å²) in [5.74, 6) is 2.92. The summed E-state index contributed by atoms with van der Waals surface area (Å²) >= 11 is 1.49. The predicted octanol–water partition coefficient (Wildman–Crippen LogP) is 2.74. The lowest BCUT2D eigenvalue weighted by atomic mass is 9.53. The Morgan fingerprint density at radius 2 is 1.93 bits per heavy atom. The third kappa shape index (κ3) is 3.44. The molecule has 1 aromatic rings. The molecule has 6 nitrogen and oxygen atoms in total. The van der Waals surface area contributed by atoms with E-state index >= 15 is 0 Å². The highest BCUT2D eigenvalue weighted by Crippen LogP contribution is 2.55. The zero-order chi connectivity index (χ0) is 18.4. The molecule has 4 bridgehead atoms. The van der Waals surface area contributed by atoms with Crippen LogP contribution in [0.25, 0.3) is 0 Å². The fraction of sp³-hybridized carbons (Fsp3) is 0.750. The van der Waals surface area contributed by atoms with Gasteiger partial charge in [-0.1, -0.05) is 11.8 Å². The molecule has 0 spiro atoms. The van der Waals surface area contributed by atoms with Gasteiger partial charge >= 0.3 is 0 Å². The van der Waals surface area contributed by atoms with E-state index in [-0.39, 0.29) is 18.1 Å². The van der Waals surface area contributed by atoms with Crippen LogP contribution >= 0.6 is 11.8 Å². The van der Waals surface area contributed by atoms with Crippen LogP contribution in [0.15, 0.2) is 5.16 Å². The van der Waals surface area contributed by atoms with Crippen molar-refractivity contribution < 1.29 is 14.3 Å². The minimum Gasteiger partial charge on any atom is -0.467 e. The van der Waals surface area contributed by atoms with Crippen LogP contribution in [0.3, 0.4) is 0 Å². The monoisotopic (exact) mass is 389 g/mol. The second kappa shape index (κ2) is 6.92. The fourth-order valence-electron chi connectivity index (χ4n) is 6.12. The van der Waals surface area contributed by atoms with Gasteiger partial charge in [0.15, 0.2) is 11.8 Å². The van der Waals surface area contributed by atoms with E-state index in [9.17, 15) is 4.79 Å². The van der Waals surface area contributed by atoms with E-state index in [1.165, 1.54) is 31.0 Å². The Bertz CT molecular complexity index is 719. The van der Waals surface area contributed by atoms with Gasteiger partial charge in [-0.3, -0.25) is 4.79 Å². The maximum absolute atomic E-state index is 12.7. The molecule has 27 heavy (non-hydrogen) atoms. The Morgan fingerprint density at radius 1 is 1.22 bits per heavy atom. The van der Waals surface area contributed by atoms with Crippen LogP contribution < -0.4 is 10.1 Å². The molecule has 4 saturated carbocycles. The first kappa shape index (κ1) is 17.7. The molecule has 2 heterocycles. The minimum absolute atomic E-state index is 0.0129. The van der Waals surface area contributed by atoms with Crippen LogP contribution in [0.4, 0.5) is 0 Å². The largest absolute Gasteiger partial charge is 0.467 e. The van der Waals surface area contributed by atoms with Gasteiger partial charge < -0.3 is 14.8 Å². The van der Waals surface area contributed by atoms with Crippen LogP contribution in [0, 0.1) is 17.8 Å². The summed E-state index contributed by atoms with van der Waals surface area (Å²) in [6, 6.07) is 0. The van der Waals surface area contributed by atoms with Crippen molar-refractivity contribution in [1.29, 1.82) is 0 Å². The number of fused-ring (bicyclic) bond motifs is 1. The van der Waals surface area contributed by atoms with Crippen LogP contribution in [0.2, 0.25) is 0 Å². The number of amides is 1. The second-order valence-corrected chi connectivity index (χ2v) is 9.55. The number of aromatic nitrogens is 2. The summed E-state index contributed by atoms with van der Waals surface area (Å²) in [7, 11) is 0. The van der Waals surface area contributed by atoms with E-state index in [1.54, 1.807) is 0 Å². The van der Waals surface area contributed by atoms with Gasteiger partial charge in [0.2, 0.25) is 5.88 Å². The molecule has 1 aliphatic heterocycles. The second-order valence-electron chi connectivity index (χ2n) is 8.78. The number of nitrogens with one attached hydrogen (secondary N) is 1. The SMILES string of the molecule is CSc1nc2c(c(OCC(=O)NC34CC5CC(CC(C5)C3)C4)n1)COCC2. The number of hydrogen-bond acceptors (Lipinski definition) is 6. The van der Waals surface area contributed by atoms with E-state index < -0.39 is 0 Å². The summed E-state index contributed by atoms with van der Waals surface area (Å²) < 4.78 is 11.4. The van der Waals surface area contributed by atoms with Crippen molar-refractivity contribution in [3.63, 3.8) is 0 Å². The van der Waals surface area contributed by atoms with E-state index in [4.69, 9.17) is 9.47 Å². The molecular formula is C20H27N3O3S. The lowest BCUT2D eigenvalue weighted by Gasteiger charge is -2.56. The Morgan fingerprint density at radius 3 is 2.59 bits per heavy atom. The molecule has 0 saturated heterocycles. The average Bonchev–Trinajstić information content (AvgIpc) is 2.64. The Balaban J connectivity index is 1.26. The standard InChI is InChI=1S/C20H27N3O3S/c1-27-19-21-16-2-3-25-10-15(16)18(22-19)26-11-17(24)23-20-7-12-4-13(8-20)6-14(5-12)9-20/h12-14H,2-11H2,1H3,(H,23,24). The first-order chi connectivity index (χ1) is 13.1. The number of ether oxygens (including phenoxy) is 2. The van der Waals surface area contributed by atoms with Crippen molar-refractivity contribution in [3.05, 3.63) is 11.3 Å². The topological polar surface area (TPSA) is 73.3 Å². The number of rotatable bonds is 5. The number of hydrogen-bond donors (Lipinski definition) is 1. The maximum atomic E-state index is 12.7. The summed E-state index contributed by atoms with van der Waals surface area (Å²) in [6.45, 7) is 1.14. The minimum atomic E-state index is -0.0215. The van der Waals surface area contributed by atoms with E-state index in [0.29, 0.717) is 24.3 Å². The van der Waals surface area contributed by atoms with Crippen molar-refractivity contribution in [1.82, 2.24) is 15.3 Å². The highest BCUT2D eigenvalue weighted by molar-refractivity contribution is 7.98. The molecule has 0 unspecified atom stereocenters.